The summed E-state index contributed by atoms with van der Waals surface area (Å²) in [6.07, 6.45) is 1.88. The van der Waals surface area contributed by atoms with Gasteiger partial charge in [-0.25, -0.2) is 0 Å². The third-order valence-corrected chi connectivity index (χ3v) is 2.68. The fraction of sp³-hybridized carbons (Fsp3) is 0.727. The van der Waals surface area contributed by atoms with Gasteiger partial charge in [0, 0.05) is 43.4 Å². The third-order valence-electron chi connectivity index (χ3n) is 2.68. The molecule has 0 aliphatic rings. The highest BCUT2D eigenvalue weighted by molar-refractivity contribution is 5.15. The van der Waals surface area contributed by atoms with E-state index in [1.165, 1.54) is 11.3 Å². The summed E-state index contributed by atoms with van der Waals surface area (Å²) in [6, 6.07) is 0. The second kappa shape index (κ2) is 4.77. The number of aliphatic hydroxyl groups excluding tert-OH is 1. The lowest BCUT2D eigenvalue weighted by atomic mass is 9.95. The molecule has 0 bridgehead atoms. The Balaban J connectivity index is 2.42. The van der Waals surface area contributed by atoms with E-state index in [0.29, 0.717) is 0 Å². The molecule has 0 saturated carbocycles. The fourth-order valence-corrected chi connectivity index (χ4v) is 1.31. The summed E-state index contributed by atoms with van der Waals surface area (Å²) < 4.78 is 1.87. The van der Waals surface area contributed by atoms with Gasteiger partial charge < -0.3 is 10.4 Å². The van der Waals surface area contributed by atoms with Crippen LogP contribution in [0.5, 0.6) is 0 Å². The van der Waals surface area contributed by atoms with Crippen molar-refractivity contribution in [3.8, 4) is 0 Å². The van der Waals surface area contributed by atoms with Gasteiger partial charge in [-0.2, -0.15) is 5.10 Å². The Hall–Kier alpha value is -0.870. The Labute approximate surface area is 91.3 Å². The molecule has 86 valence electrons. The molecule has 0 fully saturated rings. The summed E-state index contributed by atoms with van der Waals surface area (Å²) in [5.74, 6) is 0. The van der Waals surface area contributed by atoms with Gasteiger partial charge in [0.25, 0.3) is 0 Å². The average Bonchev–Trinajstić information content (AvgIpc) is 2.49. The van der Waals surface area contributed by atoms with Crippen LogP contribution >= 0.6 is 0 Å². The molecule has 1 heterocycles. The van der Waals surface area contributed by atoms with E-state index in [1.54, 1.807) is 0 Å². The molecule has 0 aliphatic heterocycles. The first-order chi connectivity index (χ1) is 6.96. The van der Waals surface area contributed by atoms with E-state index in [1.807, 2.05) is 31.8 Å². The van der Waals surface area contributed by atoms with Crippen LogP contribution in [0.4, 0.5) is 0 Å². The summed E-state index contributed by atoms with van der Waals surface area (Å²) in [7, 11) is 1.94. The molecule has 0 saturated heterocycles. The number of rotatable bonds is 5. The standard InChI is InChI=1S/C11H21N3O/c1-9-10(6-13-14(9)4)5-12-7-11(2,3)8-15/h6,12,15H,5,7-8H2,1-4H3. The molecule has 0 spiro atoms. The van der Waals surface area contributed by atoms with E-state index in [2.05, 4.69) is 17.3 Å². The van der Waals surface area contributed by atoms with Crippen LogP contribution in [-0.2, 0) is 13.6 Å². The topological polar surface area (TPSA) is 50.1 Å². The number of hydrogen-bond acceptors (Lipinski definition) is 3. The van der Waals surface area contributed by atoms with Gasteiger partial charge in [0.15, 0.2) is 0 Å². The van der Waals surface area contributed by atoms with Gasteiger partial charge >= 0.3 is 0 Å². The summed E-state index contributed by atoms with van der Waals surface area (Å²) in [5.41, 5.74) is 2.34. The molecule has 1 rings (SSSR count). The molecule has 0 amide bonds. The molecule has 4 nitrogen and oxygen atoms in total. The van der Waals surface area contributed by atoms with Gasteiger partial charge in [-0.15, -0.1) is 0 Å². The number of aliphatic hydroxyl groups is 1. The predicted octanol–water partition coefficient (Wildman–Crippen LogP) is 0.837. The second-order valence-electron chi connectivity index (χ2n) is 4.80. The summed E-state index contributed by atoms with van der Waals surface area (Å²) in [5, 5.41) is 16.6. The number of aryl methyl sites for hydroxylation is 1. The Kier molecular flexibility index (Phi) is 3.88. The molecule has 15 heavy (non-hydrogen) atoms. The molecule has 1 aromatic rings. The fourth-order valence-electron chi connectivity index (χ4n) is 1.31. The van der Waals surface area contributed by atoms with Gasteiger partial charge in [-0.1, -0.05) is 13.8 Å². The highest BCUT2D eigenvalue weighted by atomic mass is 16.3. The largest absolute Gasteiger partial charge is 0.396 e. The number of hydrogen-bond donors (Lipinski definition) is 2. The molecule has 0 unspecified atom stereocenters. The maximum absolute atomic E-state index is 9.09. The molecule has 0 radical (unpaired) electrons. The van der Waals surface area contributed by atoms with Crippen molar-refractivity contribution in [2.24, 2.45) is 12.5 Å². The first kappa shape index (κ1) is 12.2. The average molecular weight is 211 g/mol. The van der Waals surface area contributed by atoms with E-state index in [0.717, 1.165) is 13.1 Å². The first-order valence-electron chi connectivity index (χ1n) is 5.25. The zero-order chi connectivity index (χ0) is 11.5. The van der Waals surface area contributed by atoms with Crippen molar-refractivity contribution in [3.05, 3.63) is 17.5 Å². The molecule has 4 heteroatoms. The van der Waals surface area contributed by atoms with E-state index >= 15 is 0 Å². The minimum Gasteiger partial charge on any atom is -0.396 e. The van der Waals surface area contributed by atoms with Crippen molar-refractivity contribution in [2.45, 2.75) is 27.3 Å². The summed E-state index contributed by atoms with van der Waals surface area (Å²) in [4.78, 5) is 0. The van der Waals surface area contributed by atoms with Crippen molar-refractivity contribution in [2.75, 3.05) is 13.2 Å². The molecular weight excluding hydrogens is 190 g/mol. The molecule has 1 aromatic heterocycles. The van der Waals surface area contributed by atoms with Crippen LogP contribution < -0.4 is 5.32 Å². The maximum atomic E-state index is 9.09. The minimum atomic E-state index is -0.0594. The van der Waals surface area contributed by atoms with Gasteiger partial charge in [0.2, 0.25) is 0 Å². The zero-order valence-electron chi connectivity index (χ0n) is 10.0. The Morgan fingerprint density at radius 1 is 1.53 bits per heavy atom. The van der Waals surface area contributed by atoms with Gasteiger partial charge in [0.05, 0.1) is 6.20 Å². The quantitative estimate of drug-likeness (QED) is 0.758. The Bertz CT molecular complexity index is 318. The normalized spacial score (nSPS) is 12.1. The number of aromatic nitrogens is 2. The van der Waals surface area contributed by atoms with Crippen LogP contribution in [0.1, 0.15) is 25.1 Å². The van der Waals surface area contributed by atoms with Crippen LogP contribution in [-0.4, -0.2) is 28.0 Å². The van der Waals surface area contributed by atoms with Crippen LogP contribution in [0.15, 0.2) is 6.20 Å². The maximum Gasteiger partial charge on any atom is 0.0537 e. The lowest BCUT2D eigenvalue weighted by molar-refractivity contribution is 0.156. The van der Waals surface area contributed by atoms with Gasteiger partial charge in [-0.05, 0) is 6.92 Å². The molecule has 2 N–H and O–H groups in total. The van der Waals surface area contributed by atoms with Crippen LogP contribution in [0.25, 0.3) is 0 Å². The number of nitrogens with one attached hydrogen (secondary N) is 1. The highest BCUT2D eigenvalue weighted by Gasteiger charge is 2.15. The van der Waals surface area contributed by atoms with Crippen molar-refractivity contribution in [1.29, 1.82) is 0 Å². The van der Waals surface area contributed by atoms with Crippen molar-refractivity contribution < 1.29 is 5.11 Å². The third kappa shape index (κ3) is 3.32. The van der Waals surface area contributed by atoms with Crippen LogP contribution in [0.2, 0.25) is 0 Å². The SMILES string of the molecule is Cc1c(CNCC(C)(C)CO)cnn1C. The summed E-state index contributed by atoms with van der Waals surface area (Å²) >= 11 is 0. The van der Waals surface area contributed by atoms with E-state index in [9.17, 15) is 0 Å². The van der Waals surface area contributed by atoms with Crippen molar-refractivity contribution in [3.63, 3.8) is 0 Å². The van der Waals surface area contributed by atoms with E-state index < -0.39 is 0 Å². The van der Waals surface area contributed by atoms with Crippen molar-refractivity contribution >= 4 is 0 Å². The highest BCUT2D eigenvalue weighted by Crippen LogP contribution is 2.12. The van der Waals surface area contributed by atoms with Crippen LogP contribution in [0, 0.1) is 12.3 Å². The van der Waals surface area contributed by atoms with E-state index in [4.69, 9.17) is 5.11 Å². The number of nitrogens with zero attached hydrogens (tertiary/aromatic N) is 2. The first-order valence-corrected chi connectivity index (χ1v) is 5.25. The monoisotopic (exact) mass is 211 g/mol. The Morgan fingerprint density at radius 3 is 2.67 bits per heavy atom. The van der Waals surface area contributed by atoms with Gasteiger partial charge in [-0.3, -0.25) is 4.68 Å². The van der Waals surface area contributed by atoms with Gasteiger partial charge in [0.1, 0.15) is 0 Å². The molecular formula is C11H21N3O. The summed E-state index contributed by atoms with van der Waals surface area (Å²) in [6.45, 7) is 7.94. The van der Waals surface area contributed by atoms with Crippen LogP contribution in [0.3, 0.4) is 0 Å². The van der Waals surface area contributed by atoms with E-state index in [-0.39, 0.29) is 12.0 Å². The Morgan fingerprint density at radius 2 is 2.20 bits per heavy atom. The predicted molar refractivity (Wildman–Crippen MR) is 60.5 cm³/mol. The minimum absolute atomic E-state index is 0.0594. The zero-order valence-corrected chi connectivity index (χ0v) is 10.0. The smallest absolute Gasteiger partial charge is 0.0537 e. The molecule has 0 aromatic carbocycles. The molecule has 0 aliphatic carbocycles. The molecule has 0 atom stereocenters. The lowest BCUT2D eigenvalue weighted by Crippen LogP contribution is -2.31. The van der Waals surface area contributed by atoms with Crippen molar-refractivity contribution in [1.82, 2.24) is 15.1 Å². The lowest BCUT2D eigenvalue weighted by Gasteiger charge is -2.21. The second-order valence-corrected chi connectivity index (χ2v) is 4.80.